The van der Waals surface area contributed by atoms with Gasteiger partial charge in [-0.15, -0.1) is 11.3 Å². The van der Waals surface area contributed by atoms with Gasteiger partial charge in [0, 0.05) is 10.6 Å². The van der Waals surface area contributed by atoms with Crippen LogP contribution in [0.4, 0.5) is 10.5 Å². The molecule has 0 aliphatic heterocycles. The number of carbonyl (C=O) groups is 1. The minimum Gasteiger partial charge on any atom is -0.306 e. The van der Waals surface area contributed by atoms with Crippen LogP contribution in [0, 0.1) is 6.92 Å². The number of hydrazone groups is 1. The van der Waals surface area contributed by atoms with E-state index in [0.29, 0.717) is 0 Å². The lowest BCUT2D eigenvalue weighted by molar-refractivity contribution is 0.252. The number of benzene rings is 1. The molecule has 0 radical (unpaired) electrons. The molecule has 0 unspecified atom stereocenters. The summed E-state index contributed by atoms with van der Waals surface area (Å²) in [5.74, 6) is 0. The Hall–Kier alpha value is -2.14. The highest BCUT2D eigenvalue weighted by atomic mass is 32.1. The van der Waals surface area contributed by atoms with Gasteiger partial charge in [0.15, 0.2) is 0 Å². The van der Waals surface area contributed by atoms with Crippen LogP contribution in [0.15, 0.2) is 46.9 Å². The molecule has 1 heterocycles. The van der Waals surface area contributed by atoms with Gasteiger partial charge in [-0.25, -0.2) is 10.2 Å². The summed E-state index contributed by atoms with van der Waals surface area (Å²) in [4.78, 5) is 12.6. The molecule has 2 aromatic rings. The Morgan fingerprint density at radius 3 is 2.83 bits per heavy atom. The molecule has 1 aromatic carbocycles. The van der Waals surface area contributed by atoms with Crippen molar-refractivity contribution in [1.82, 2.24) is 5.43 Å². The summed E-state index contributed by atoms with van der Waals surface area (Å²) in [6.07, 6.45) is 1.61. The summed E-state index contributed by atoms with van der Waals surface area (Å²) < 4.78 is 0. The van der Waals surface area contributed by atoms with Crippen LogP contribution in [0.3, 0.4) is 0 Å². The molecule has 0 aliphatic carbocycles. The molecule has 0 fully saturated rings. The predicted octanol–water partition coefficient (Wildman–Crippen LogP) is 3.21. The maximum atomic E-state index is 11.6. The van der Waals surface area contributed by atoms with Gasteiger partial charge in [-0.1, -0.05) is 24.3 Å². The molecule has 2 N–H and O–H groups in total. The normalized spacial score (nSPS) is 10.5. The summed E-state index contributed by atoms with van der Waals surface area (Å²) in [7, 11) is 0. The van der Waals surface area contributed by atoms with Crippen LogP contribution in [0.2, 0.25) is 0 Å². The zero-order valence-corrected chi connectivity index (χ0v) is 10.7. The zero-order chi connectivity index (χ0) is 12.8. The third-order valence-corrected chi connectivity index (χ3v) is 3.10. The van der Waals surface area contributed by atoms with Gasteiger partial charge in [-0.2, -0.15) is 5.10 Å². The molecule has 4 nitrogen and oxygen atoms in total. The highest BCUT2D eigenvalue weighted by molar-refractivity contribution is 7.11. The second-order valence-corrected chi connectivity index (χ2v) is 4.63. The molecule has 92 valence electrons. The standard InChI is InChI=1S/C13H13N3OS/c1-10-5-2-3-7-12(10)15-13(17)16-14-9-11-6-4-8-18-11/h2-9H,1H3,(H2,15,16,17). The number of hydrogen-bond acceptors (Lipinski definition) is 3. The van der Waals surface area contributed by atoms with E-state index in [1.165, 1.54) is 0 Å². The summed E-state index contributed by atoms with van der Waals surface area (Å²) in [6.45, 7) is 1.94. The van der Waals surface area contributed by atoms with Gasteiger partial charge in [0.25, 0.3) is 0 Å². The van der Waals surface area contributed by atoms with Crippen molar-refractivity contribution in [1.29, 1.82) is 0 Å². The van der Waals surface area contributed by atoms with E-state index in [9.17, 15) is 4.79 Å². The number of nitrogens with zero attached hydrogens (tertiary/aromatic N) is 1. The van der Waals surface area contributed by atoms with Crippen molar-refractivity contribution < 1.29 is 4.79 Å². The monoisotopic (exact) mass is 259 g/mol. The van der Waals surface area contributed by atoms with Crippen LogP contribution in [-0.4, -0.2) is 12.2 Å². The number of urea groups is 1. The van der Waals surface area contributed by atoms with Crippen LogP contribution in [0.25, 0.3) is 0 Å². The maximum absolute atomic E-state index is 11.6. The summed E-state index contributed by atoms with van der Waals surface area (Å²) >= 11 is 1.56. The Morgan fingerprint density at radius 1 is 1.28 bits per heavy atom. The smallest absolute Gasteiger partial charge is 0.306 e. The molecular weight excluding hydrogens is 246 g/mol. The first-order valence-electron chi connectivity index (χ1n) is 5.45. The molecule has 0 spiro atoms. The lowest BCUT2D eigenvalue weighted by Crippen LogP contribution is -2.24. The van der Waals surface area contributed by atoms with Crippen molar-refractivity contribution in [2.45, 2.75) is 6.92 Å². The number of para-hydroxylation sites is 1. The van der Waals surface area contributed by atoms with Gasteiger partial charge in [0.05, 0.1) is 6.21 Å². The molecule has 0 atom stereocenters. The maximum Gasteiger partial charge on any atom is 0.339 e. The van der Waals surface area contributed by atoms with Gasteiger partial charge in [0.2, 0.25) is 0 Å². The van der Waals surface area contributed by atoms with Gasteiger partial charge >= 0.3 is 6.03 Å². The molecular formula is C13H13N3OS. The number of thiophene rings is 1. The first-order chi connectivity index (χ1) is 8.75. The zero-order valence-electron chi connectivity index (χ0n) is 9.88. The molecule has 0 saturated heterocycles. The first-order valence-corrected chi connectivity index (χ1v) is 6.33. The molecule has 0 bridgehead atoms. The van der Waals surface area contributed by atoms with E-state index in [1.54, 1.807) is 17.6 Å². The van der Waals surface area contributed by atoms with Crippen molar-refractivity contribution in [3.63, 3.8) is 0 Å². The fraction of sp³-hybridized carbons (Fsp3) is 0.0769. The number of hydrogen-bond donors (Lipinski definition) is 2. The van der Waals surface area contributed by atoms with Crippen LogP contribution in [0.5, 0.6) is 0 Å². The Bertz CT molecular complexity index is 549. The first kappa shape index (κ1) is 12.3. The topological polar surface area (TPSA) is 53.5 Å². The highest BCUT2D eigenvalue weighted by Crippen LogP contribution is 2.12. The summed E-state index contributed by atoms with van der Waals surface area (Å²) in [6, 6.07) is 11.1. The quantitative estimate of drug-likeness (QED) is 0.645. The van der Waals surface area contributed by atoms with E-state index in [0.717, 1.165) is 16.1 Å². The van der Waals surface area contributed by atoms with Crippen molar-refractivity contribution >= 4 is 29.3 Å². The van der Waals surface area contributed by atoms with Gasteiger partial charge < -0.3 is 5.32 Å². The van der Waals surface area contributed by atoms with Gasteiger partial charge in [-0.3, -0.25) is 0 Å². The number of aryl methyl sites for hydroxylation is 1. The highest BCUT2D eigenvalue weighted by Gasteiger charge is 2.01. The molecule has 0 aliphatic rings. The summed E-state index contributed by atoms with van der Waals surface area (Å²) in [5.41, 5.74) is 4.21. The van der Waals surface area contributed by atoms with Crippen molar-refractivity contribution in [2.75, 3.05) is 5.32 Å². The SMILES string of the molecule is Cc1ccccc1NC(=O)NN=Cc1cccs1. The molecule has 1 aromatic heterocycles. The third kappa shape index (κ3) is 3.43. The molecule has 2 rings (SSSR count). The minimum absolute atomic E-state index is 0.350. The van der Waals surface area contributed by atoms with E-state index in [4.69, 9.17) is 0 Å². The van der Waals surface area contributed by atoms with E-state index in [2.05, 4.69) is 15.8 Å². The largest absolute Gasteiger partial charge is 0.339 e. The second-order valence-electron chi connectivity index (χ2n) is 3.65. The third-order valence-electron chi connectivity index (χ3n) is 2.29. The van der Waals surface area contributed by atoms with Crippen LogP contribution in [0.1, 0.15) is 10.4 Å². The molecule has 2 amide bonds. The number of amides is 2. The fourth-order valence-electron chi connectivity index (χ4n) is 1.38. The Morgan fingerprint density at radius 2 is 2.11 bits per heavy atom. The molecule has 5 heteroatoms. The summed E-state index contributed by atoms with van der Waals surface area (Å²) in [5, 5.41) is 8.55. The van der Waals surface area contributed by atoms with Crippen LogP contribution in [-0.2, 0) is 0 Å². The van der Waals surface area contributed by atoms with Gasteiger partial charge in [-0.05, 0) is 30.0 Å². The number of anilines is 1. The van der Waals surface area contributed by atoms with Gasteiger partial charge in [0.1, 0.15) is 0 Å². The van der Waals surface area contributed by atoms with Crippen molar-refractivity contribution in [3.8, 4) is 0 Å². The average molecular weight is 259 g/mol. The number of carbonyl (C=O) groups excluding carboxylic acids is 1. The van der Waals surface area contributed by atoms with E-state index >= 15 is 0 Å². The van der Waals surface area contributed by atoms with Crippen molar-refractivity contribution in [2.24, 2.45) is 5.10 Å². The van der Waals surface area contributed by atoms with E-state index < -0.39 is 0 Å². The Balaban J connectivity index is 1.88. The molecule has 0 saturated carbocycles. The lowest BCUT2D eigenvalue weighted by Gasteiger charge is -2.06. The average Bonchev–Trinajstić information content (AvgIpc) is 2.85. The minimum atomic E-state index is -0.350. The van der Waals surface area contributed by atoms with E-state index in [-0.39, 0.29) is 6.03 Å². The van der Waals surface area contributed by atoms with Crippen LogP contribution < -0.4 is 10.7 Å². The predicted molar refractivity (Wildman–Crippen MR) is 75.2 cm³/mol. The molecule has 18 heavy (non-hydrogen) atoms. The second kappa shape index (κ2) is 5.97. The Kier molecular flexibility index (Phi) is 4.09. The van der Waals surface area contributed by atoms with Crippen LogP contribution >= 0.6 is 11.3 Å². The van der Waals surface area contributed by atoms with E-state index in [1.807, 2.05) is 48.7 Å². The number of rotatable bonds is 3. The fourth-order valence-corrected chi connectivity index (χ4v) is 1.97. The Labute approximate surface area is 109 Å². The lowest BCUT2D eigenvalue weighted by atomic mass is 10.2. The number of nitrogens with one attached hydrogen (secondary N) is 2. The van der Waals surface area contributed by atoms with Crippen molar-refractivity contribution in [3.05, 3.63) is 52.2 Å².